The number of ether oxygens (including phenoxy) is 1. The molecule has 0 radical (unpaired) electrons. The number of nitrogens with zero attached hydrogens (tertiary/aromatic N) is 1. The van der Waals surface area contributed by atoms with E-state index in [0.29, 0.717) is 25.4 Å². The number of hydrogen-bond acceptors (Lipinski definition) is 4. The summed E-state index contributed by atoms with van der Waals surface area (Å²) in [6.45, 7) is 4.01. The highest BCUT2D eigenvalue weighted by molar-refractivity contribution is 7.89. The van der Waals surface area contributed by atoms with Crippen LogP contribution in [0.1, 0.15) is 26.2 Å². The van der Waals surface area contributed by atoms with E-state index < -0.39 is 15.3 Å². The monoisotopic (exact) mass is 264 g/mol. The summed E-state index contributed by atoms with van der Waals surface area (Å²) in [5, 5.41) is -0.429. The number of nitrogens with two attached hydrogens (primary N) is 1. The van der Waals surface area contributed by atoms with Gasteiger partial charge in [0.05, 0.1) is 5.25 Å². The molecule has 0 bridgehead atoms. The van der Waals surface area contributed by atoms with Gasteiger partial charge in [-0.3, -0.25) is 0 Å². The summed E-state index contributed by atoms with van der Waals surface area (Å²) in [5.74, 6) is 0.490. The van der Waals surface area contributed by atoms with Gasteiger partial charge in [-0.15, -0.1) is 0 Å². The van der Waals surface area contributed by atoms with Gasteiger partial charge in [0.25, 0.3) is 0 Å². The molecular weight excluding hydrogens is 240 g/mol. The van der Waals surface area contributed by atoms with Crippen molar-refractivity contribution in [1.29, 1.82) is 0 Å². The Bertz CT molecular complexity index is 307. The summed E-state index contributed by atoms with van der Waals surface area (Å²) in [6, 6.07) is 0. The molecule has 0 spiro atoms. The zero-order chi connectivity index (χ0) is 12.9. The van der Waals surface area contributed by atoms with Crippen molar-refractivity contribution in [2.45, 2.75) is 31.4 Å². The van der Waals surface area contributed by atoms with E-state index in [4.69, 9.17) is 10.5 Å². The molecule has 1 heterocycles. The van der Waals surface area contributed by atoms with Crippen LogP contribution in [0.25, 0.3) is 0 Å². The lowest BCUT2D eigenvalue weighted by Gasteiger charge is -2.33. The van der Waals surface area contributed by atoms with Gasteiger partial charge in [-0.1, -0.05) is 6.92 Å². The summed E-state index contributed by atoms with van der Waals surface area (Å²) in [5.41, 5.74) is 5.53. The van der Waals surface area contributed by atoms with Gasteiger partial charge in [-0.25, -0.2) is 12.7 Å². The lowest BCUT2D eigenvalue weighted by molar-refractivity contribution is 0.121. The van der Waals surface area contributed by atoms with Gasteiger partial charge in [0.2, 0.25) is 10.0 Å². The van der Waals surface area contributed by atoms with Crippen molar-refractivity contribution >= 4 is 10.0 Å². The van der Waals surface area contributed by atoms with Gasteiger partial charge in [-0.05, 0) is 25.2 Å². The zero-order valence-electron chi connectivity index (χ0n) is 10.8. The maximum absolute atomic E-state index is 12.2. The predicted molar refractivity (Wildman–Crippen MR) is 68.2 cm³/mol. The second-order valence-electron chi connectivity index (χ2n) is 4.61. The third kappa shape index (κ3) is 3.64. The third-order valence-electron chi connectivity index (χ3n) is 3.48. The minimum absolute atomic E-state index is 0.205. The van der Waals surface area contributed by atoms with Gasteiger partial charge >= 0.3 is 0 Å². The Morgan fingerprint density at radius 3 is 2.41 bits per heavy atom. The van der Waals surface area contributed by atoms with E-state index in [1.54, 1.807) is 11.4 Å². The molecule has 0 aromatic carbocycles. The molecule has 0 saturated carbocycles. The molecule has 5 nitrogen and oxygen atoms in total. The first-order valence-corrected chi connectivity index (χ1v) is 7.74. The highest BCUT2D eigenvalue weighted by Gasteiger charge is 2.32. The number of rotatable bonds is 6. The summed E-state index contributed by atoms with van der Waals surface area (Å²) in [7, 11) is -1.51. The smallest absolute Gasteiger partial charge is 0.218 e. The summed E-state index contributed by atoms with van der Waals surface area (Å²) in [4.78, 5) is 0. The lowest BCUT2D eigenvalue weighted by Crippen LogP contribution is -2.46. The number of hydrogen-bond donors (Lipinski definition) is 1. The molecule has 0 aromatic heterocycles. The van der Waals surface area contributed by atoms with E-state index in [9.17, 15) is 8.42 Å². The Morgan fingerprint density at radius 1 is 1.41 bits per heavy atom. The summed E-state index contributed by atoms with van der Waals surface area (Å²) < 4.78 is 31.2. The summed E-state index contributed by atoms with van der Waals surface area (Å²) >= 11 is 0. The van der Waals surface area contributed by atoms with Crippen LogP contribution < -0.4 is 5.73 Å². The first-order chi connectivity index (χ1) is 8.06. The standard InChI is InChI=1S/C11H24N2O3S/c1-3-11(8-12)17(14,15)13-6-4-10(5-7-13)9-16-2/h10-11H,3-9,12H2,1-2H3. The van der Waals surface area contributed by atoms with Gasteiger partial charge in [-0.2, -0.15) is 0 Å². The number of methoxy groups -OCH3 is 1. The van der Waals surface area contributed by atoms with Crippen LogP contribution in [-0.2, 0) is 14.8 Å². The van der Waals surface area contributed by atoms with Crippen molar-refractivity contribution < 1.29 is 13.2 Å². The molecule has 0 amide bonds. The van der Waals surface area contributed by atoms with E-state index in [1.165, 1.54) is 0 Å². The van der Waals surface area contributed by atoms with Crippen molar-refractivity contribution in [3.05, 3.63) is 0 Å². The molecule has 102 valence electrons. The minimum atomic E-state index is -3.20. The predicted octanol–water partition coefficient (Wildman–Crippen LogP) is 0.412. The molecule has 1 aliphatic heterocycles. The molecular formula is C11H24N2O3S. The molecule has 1 rings (SSSR count). The summed E-state index contributed by atoms with van der Waals surface area (Å²) in [6.07, 6.45) is 2.35. The minimum Gasteiger partial charge on any atom is -0.384 e. The Labute approximate surface area is 104 Å². The van der Waals surface area contributed by atoms with E-state index in [2.05, 4.69) is 0 Å². The molecule has 17 heavy (non-hydrogen) atoms. The SMILES string of the molecule is CCC(CN)S(=O)(=O)N1CCC(COC)CC1. The Kier molecular flexibility index (Phi) is 5.85. The molecule has 6 heteroatoms. The topological polar surface area (TPSA) is 72.6 Å². The highest BCUT2D eigenvalue weighted by Crippen LogP contribution is 2.22. The quantitative estimate of drug-likeness (QED) is 0.754. The van der Waals surface area contributed by atoms with Crippen molar-refractivity contribution in [2.24, 2.45) is 11.7 Å². The van der Waals surface area contributed by atoms with Crippen molar-refractivity contribution in [1.82, 2.24) is 4.31 Å². The van der Waals surface area contributed by atoms with Gasteiger partial charge in [0.15, 0.2) is 0 Å². The normalized spacial score (nSPS) is 21.6. The molecule has 0 aromatic rings. The van der Waals surface area contributed by atoms with Crippen LogP contribution in [0.15, 0.2) is 0 Å². The number of sulfonamides is 1. The fourth-order valence-corrected chi connectivity index (χ4v) is 4.08. The fourth-order valence-electron chi connectivity index (χ4n) is 2.28. The van der Waals surface area contributed by atoms with Crippen molar-refractivity contribution in [3.8, 4) is 0 Å². The first-order valence-electron chi connectivity index (χ1n) is 6.24. The van der Waals surface area contributed by atoms with Crippen LogP contribution in [0.3, 0.4) is 0 Å². The average Bonchev–Trinajstić information content (AvgIpc) is 2.31. The average molecular weight is 264 g/mol. The van der Waals surface area contributed by atoms with Crippen molar-refractivity contribution in [3.63, 3.8) is 0 Å². The van der Waals surface area contributed by atoms with Crippen LogP contribution in [0.2, 0.25) is 0 Å². The number of piperidine rings is 1. The lowest BCUT2D eigenvalue weighted by atomic mass is 9.99. The second kappa shape index (κ2) is 6.68. The fraction of sp³-hybridized carbons (Fsp3) is 1.00. The molecule has 1 saturated heterocycles. The largest absolute Gasteiger partial charge is 0.384 e. The molecule has 1 unspecified atom stereocenters. The Hall–Kier alpha value is -0.170. The zero-order valence-corrected chi connectivity index (χ0v) is 11.6. The van der Waals surface area contributed by atoms with Crippen LogP contribution >= 0.6 is 0 Å². The Balaban J connectivity index is 2.58. The van der Waals surface area contributed by atoms with Crippen molar-refractivity contribution in [2.75, 3.05) is 33.4 Å². The molecule has 1 atom stereocenters. The van der Waals surface area contributed by atoms with Gasteiger partial charge < -0.3 is 10.5 Å². The third-order valence-corrected chi connectivity index (χ3v) is 5.93. The van der Waals surface area contributed by atoms with Crippen LogP contribution in [0.4, 0.5) is 0 Å². The van der Waals surface area contributed by atoms with Crippen LogP contribution in [0.5, 0.6) is 0 Å². The maximum Gasteiger partial charge on any atom is 0.218 e. The Morgan fingerprint density at radius 2 is 2.00 bits per heavy atom. The van der Waals surface area contributed by atoms with Crippen LogP contribution in [-0.4, -0.2) is 51.3 Å². The second-order valence-corrected chi connectivity index (χ2v) is 6.82. The van der Waals surface area contributed by atoms with Crippen LogP contribution in [0, 0.1) is 5.92 Å². The molecule has 1 fully saturated rings. The maximum atomic E-state index is 12.2. The van der Waals surface area contributed by atoms with E-state index in [1.807, 2.05) is 6.92 Å². The molecule has 2 N–H and O–H groups in total. The molecule has 1 aliphatic rings. The van der Waals surface area contributed by atoms with E-state index >= 15 is 0 Å². The van der Waals surface area contributed by atoms with E-state index in [0.717, 1.165) is 19.4 Å². The molecule has 0 aliphatic carbocycles. The van der Waals surface area contributed by atoms with Gasteiger partial charge in [0.1, 0.15) is 0 Å². The highest BCUT2D eigenvalue weighted by atomic mass is 32.2. The first kappa shape index (κ1) is 14.9. The van der Waals surface area contributed by atoms with Gasteiger partial charge in [0, 0.05) is 33.4 Å². The van der Waals surface area contributed by atoms with E-state index in [-0.39, 0.29) is 6.54 Å².